The van der Waals surface area contributed by atoms with E-state index >= 15 is 0 Å². The van der Waals surface area contributed by atoms with E-state index in [9.17, 15) is 28.8 Å². The molecule has 3 amide bonds. The van der Waals surface area contributed by atoms with E-state index in [4.69, 9.17) is 49.6 Å². The van der Waals surface area contributed by atoms with Crippen molar-refractivity contribution in [1.82, 2.24) is 0 Å². The molecule has 0 spiro atoms. The Hall–Kier alpha value is -8.64. The number of nitrogens with two attached hydrogens (primary N) is 1. The molecule has 7 aromatic rings. The number of rotatable bonds is 16. The third-order valence-corrected chi connectivity index (χ3v) is 14.2. The van der Waals surface area contributed by atoms with Crippen LogP contribution in [0.25, 0.3) is 0 Å². The van der Waals surface area contributed by atoms with Gasteiger partial charge in [-0.1, -0.05) is 92.4 Å². The Morgan fingerprint density at radius 3 is 0.696 bits per heavy atom. The van der Waals surface area contributed by atoms with E-state index in [0.717, 1.165) is 11.6 Å². The minimum Gasteiger partial charge on any atom is -0.662 e. The molecule has 0 aromatic heterocycles. The number of carbonyl (C=O) groups excluding carboxylic acids is 6. The first-order chi connectivity index (χ1) is 46.5. The van der Waals surface area contributed by atoms with Gasteiger partial charge >= 0.3 is 0 Å². The van der Waals surface area contributed by atoms with E-state index in [1.54, 1.807) is 91.0 Å². The summed E-state index contributed by atoms with van der Waals surface area (Å²) in [7, 11) is 8.25. The second-order valence-corrected chi connectivity index (χ2v) is 24.4. The first-order valence-corrected chi connectivity index (χ1v) is 35.8. The van der Waals surface area contributed by atoms with Gasteiger partial charge in [-0.3, -0.25) is 49.5 Å². The molecule has 0 aliphatic carbocycles. The topological polar surface area (TPSA) is 356 Å². The summed E-state index contributed by atoms with van der Waals surface area (Å²) in [6.07, 6.45) is 0.212. The summed E-state index contributed by atoms with van der Waals surface area (Å²) in [5.74, 6) is -2.66. The molecule has 7 rings (SSSR count). The van der Waals surface area contributed by atoms with Crippen LogP contribution in [0, 0.1) is 89.6 Å². The van der Waals surface area contributed by atoms with Gasteiger partial charge in [-0.05, 0) is 122 Å². The number of carbonyl (C=O) groups is 9. The molecule has 0 atom stereocenters. The molecule has 24 nitrogen and oxygen atoms in total. The molecule has 3 radical (unpaired) electrons. The van der Waals surface area contributed by atoms with Gasteiger partial charge < -0.3 is 132 Å². The van der Waals surface area contributed by atoms with Crippen LogP contribution in [0.5, 0.6) is 34.5 Å². The summed E-state index contributed by atoms with van der Waals surface area (Å²) in [5, 5.41) is 41.2. The van der Waals surface area contributed by atoms with E-state index < -0.39 is 53.5 Å². The van der Waals surface area contributed by atoms with Crippen molar-refractivity contribution in [2.24, 2.45) is 5.92 Å². The number of benzene rings is 7. The van der Waals surface area contributed by atoms with Crippen LogP contribution in [0.2, 0.25) is 19.6 Å². The molecule has 0 aliphatic rings. The monoisotopic (exact) mass is 1680 g/mol. The zero-order valence-electron chi connectivity index (χ0n) is 58.6. The standard InChI is InChI=1S/C30H24N3O6.C16H24N2Si2.C7H11NSi.C4H10.3C3H4O2.3C2H3O2.3Y/c1-19(34)31-22-4-10-25(11-5-22)37-28-16-29(38-26-12-6-23(7-13-26)32-20(2)35)18-30(17-28)39-27-14-8-24(9-15-27)33-21(3)36;1-12(17-13-4-8-15(19-2)9-5-13)18-14-6-10-16(20-3)11-7-14;1-9-7-4-2-6(8)3-5-7;1-4(2)3;3*1-3(4)5-2;3*1-2(3)4;;;/h4-18H,1-3H2,(H,31,34)(H,32,35)(H,33,36);4-12,17-18H,19-20H2,1-3H3;2-5H,8-9H2,1H3;4H,1-3H3;3*1-2H2;3*1H2,(H,3,4);;;/q-3;;;;3*-2;3*-1;;;. The quantitative estimate of drug-likeness (QED) is 0.0108. The van der Waals surface area contributed by atoms with Crippen LogP contribution in [-0.4, -0.2) is 104 Å². The molecule has 0 saturated carbocycles. The van der Waals surface area contributed by atoms with Gasteiger partial charge in [0.1, 0.15) is 52.4 Å². The summed E-state index contributed by atoms with van der Waals surface area (Å²) >= 11 is 0. The number of carboxylic acids is 3. The molecule has 0 heterocycles. The minimum absolute atomic E-state index is 0. The van der Waals surface area contributed by atoms with Crippen LogP contribution < -0.4 is 62.1 Å². The van der Waals surface area contributed by atoms with Crippen molar-refractivity contribution in [3.63, 3.8) is 0 Å². The maximum absolute atomic E-state index is 11.2. The molecular weight excluding hydrogens is 1590 g/mol. The van der Waals surface area contributed by atoms with Gasteiger partial charge in [-0.15, -0.1) is 0 Å². The van der Waals surface area contributed by atoms with Crippen LogP contribution in [0.1, 0.15) is 27.7 Å². The third-order valence-electron chi connectivity index (χ3n) is 10.3. The minimum atomic E-state index is -1.08. The predicted octanol–water partition coefficient (Wildman–Crippen LogP) is 9.57. The molecule has 30 heteroatoms. The van der Waals surface area contributed by atoms with E-state index in [1.807, 2.05) is 12.1 Å². The number of hydrogen-bond donors (Lipinski definition) is 9. The van der Waals surface area contributed by atoms with E-state index in [1.165, 1.54) is 26.9 Å². The normalized spacial score (nSPS) is 9.44. The summed E-state index contributed by atoms with van der Waals surface area (Å²) < 4.78 is 29.3. The zero-order chi connectivity index (χ0) is 76.0. The van der Waals surface area contributed by atoms with Crippen molar-refractivity contribution in [2.75, 3.05) is 32.3 Å². The average Bonchev–Trinajstić information content (AvgIpc) is 0.835. The van der Waals surface area contributed by atoms with Crippen molar-refractivity contribution < 1.29 is 185 Å². The molecular formula is C72H90N6O18Si3Y3-12. The van der Waals surface area contributed by atoms with Gasteiger partial charge in [-0.25, -0.2) is 0 Å². The van der Waals surface area contributed by atoms with Gasteiger partial charge in [0.25, 0.3) is 0 Å². The molecule has 0 bridgehead atoms. The number of esters is 3. The Kier molecular flexibility index (Phi) is 64.8. The van der Waals surface area contributed by atoms with Crippen LogP contribution >= 0.6 is 0 Å². The Balaban J connectivity index is -0.000000304. The van der Waals surface area contributed by atoms with Gasteiger partial charge in [0.15, 0.2) is 17.9 Å². The van der Waals surface area contributed by atoms with Gasteiger partial charge in [0, 0.05) is 150 Å². The maximum Gasteiger partial charge on any atom is 0.161 e. The Morgan fingerprint density at radius 2 is 0.529 bits per heavy atom. The maximum atomic E-state index is 11.2. The van der Waals surface area contributed by atoms with E-state index in [-0.39, 0.29) is 133 Å². The number of nitrogens with one attached hydrogen (secondary N) is 5. The number of aliphatic carboxylic acids is 3. The Bertz CT molecular complexity index is 3160. The van der Waals surface area contributed by atoms with Crippen molar-refractivity contribution in [1.29, 1.82) is 0 Å². The fourth-order valence-corrected chi connectivity index (χ4v) is 8.52. The first-order valence-electron chi connectivity index (χ1n) is 29.4. The molecule has 0 saturated heterocycles. The first kappa shape index (κ1) is 104. The second-order valence-electron chi connectivity index (χ2n) is 19.8. The Labute approximate surface area is 683 Å². The fraction of sp³-hybridized carbons (Fsp3) is 0.125. The number of amides is 3. The van der Waals surface area contributed by atoms with Crippen molar-refractivity contribution in [3.8, 4) is 34.5 Å². The second kappa shape index (κ2) is 63.3. The van der Waals surface area contributed by atoms with Gasteiger partial charge in [-0.2, -0.15) is 21.3 Å². The zero-order valence-corrected chi connectivity index (χ0v) is 71.4. The van der Waals surface area contributed by atoms with E-state index in [0.29, 0.717) is 51.6 Å². The molecule has 10 N–H and O–H groups in total. The molecule has 7 aromatic carbocycles. The number of carboxylic acid groups (broad SMARTS) is 3. The molecule has 0 unspecified atom stereocenters. The SMILES string of the molecule is CC(C)C.C[SiH2]c1ccc(N)cc1.C[SiH2]c1ccc(NC(C)Nc2ccc([SiH2]C)cc2)cc1.[CH2-]C(=O)Nc1ccc(Oc2cc(Oc3ccc(NC([CH2-])=O)cc3)cc(Oc3ccc(NC([CH2-])=O)cc3)c2)cc1.[CH2-]C(=O)O.[CH2-]C(=O)O.[CH2-]C(=O)O.[CH2-]OC([CH2-])=O.[CH2-]OC([CH2-])=O.[CH2-]OC([CH2-])=O.[Y].[Y].[Y]. The number of hydrogen-bond acceptors (Lipinski definition) is 18. The van der Waals surface area contributed by atoms with Crippen molar-refractivity contribution in [2.45, 2.75) is 53.5 Å². The smallest absolute Gasteiger partial charge is 0.161 e. The largest absolute Gasteiger partial charge is 0.662 e. The predicted molar refractivity (Wildman–Crippen MR) is 400 cm³/mol. The summed E-state index contributed by atoms with van der Waals surface area (Å²) in [6, 6.07) is 51.2. The fourth-order valence-electron chi connectivity index (χ4n) is 6.40. The number of anilines is 6. The number of ether oxygens (including phenoxy) is 6. The van der Waals surface area contributed by atoms with E-state index in [2.05, 4.69) is 232 Å². The third kappa shape index (κ3) is 64.7. The van der Waals surface area contributed by atoms with Crippen LogP contribution in [0.15, 0.2) is 164 Å². The molecule has 0 fully saturated rings. The Morgan fingerprint density at radius 1 is 0.353 bits per heavy atom. The van der Waals surface area contributed by atoms with Crippen LogP contribution in [0.3, 0.4) is 0 Å². The van der Waals surface area contributed by atoms with Crippen molar-refractivity contribution >= 4 is 132 Å². The molecule has 549 valence electrons. The van der Waals surface area contributed by atoms with Crippen LogP contribution in [-0.2, 0) is 155 Å². The van der Waals surface area contributed by atoms with Crippen LogP contribution in [0.4, 0.5) is 34.1 Å². The van der Waals surface area contributed by atoms with Crippen molar-refractivity contribution in [3.05, 3.63) is 247 Å². The molecule has 102 heavy (non-hydrogen) atoms. The van der Waals surface area contributed by atoms with Gasteiger partial charge in [0.05, 0.1) is 52.4 Å². The average molecular weight is 1680 g/mol. The number of nitrogen functional groups attached to an aromatic ring is 1. The van der Waals surface area contributed by atoms with Gasteiger partial charge in [0.2, 0.25) is 0 Å². The summed E-state index contributed by atoms with van der Waals surface area (Å²) in [5.41, 5.74) is 10.5. The molecule has 0 aliphatic heterocycles. The summed E-state index contributed by atoms with van der Waals surface area (Å²) in [6.45, 7) is 41.6. The summed E-state index contributed by atoms with van der Waals surface area (Å²) in [4.78, 5) is 88.4.